The summed E-state index contributed by atoms with van der Waals surface area (Å²) in [7, 11) is 0. The Hall–Kier alpha value is -1.79. The van der Waals surface area contributed by atoms with E-state index in [2.05, 4.69) is 5.32 Å². The van der Waals surface area contributed by atoms with E-state index in [0.717, 1.165) is 0 Å². The van der Waals surface area contributed by atoms with Gasteiger partial charge in [0.15, 0.2) is 0 Å². The highest BCUT2D eigenvalue weighted by Gasteiger charge is 2.27. The van der Waals surface area contributed by atoms with E-state index in [1.807, 2.05) is 0 Å². The zero-order valence-corrected chi connectivity index (χ0v) is 13.4. The molecule has 1 aromatic rings. The van der Waals surface area contributed by atoms with Gasteiger partial charge in [0.2, 0.25) is 5.91 Å². The first kappa shape index (κ1) is 16.6. The second kappa shape index (κ2) is 6.98. The maximum atomic E-state index is 12.1. The molecule has 3 amide bonds. The van der Waals surface area contributed by atoms with Gasteiger partial charge >= 0.3 is 11.8 Å². The van der Waals surface area contributed by atoms with E-state index in [1.54, 1.807) is 11.0 Å². The van der Waals surface area contributed by atoms with E-state index in [4.69, 9.17) is 23.2 Å². The minimum atomic E-state index is -0.763. The van der Waals surface area contributed by atoms with Gasteiger partial charge < -0.3 is 15.1 Å². The quantitative estimate of drug-likeness (QED) is 0.787. The fourth-order valence-corrected chi connectivity index (χ4v) is 2.59. The van der Waals surface area contributed by atoms with Crippen LogP contribution in [0.3, 0.4) is 0 Å². The van der Waals surface area contributed by atoms with Crippen LogP contribution in [0.25, 0.3) is 0 Å². The standard InChI is InChI=1S/C14H15Cl2N3O3/c1-9(20)18-4-6-19(7-5-18)14(22)13(21)17-12-3-2-10(15)8-11(12)16/h2-3,8H,4-7H2,1H3,(H,17,21). The van der Waals surface area contributed by atoms with Crippen LogP contribution in [0.15, 0.2) is 18.2 Å². The molecule has 1 N–H and O–H groups in total. The van der Waals surface area contributed by atoms with Crippen molar-refractivity contribution in [3.8, 4) is 0 Å². The van der Waals surface area contributed by atoms with Crippen LogP contribution in [0, 0.1) is 0 Å². The zero-order chi connectivity index (χ0) is 16.3. The summed E-state index contributed by atoms with van der Waals surface area (Å²) in [6.07, 6.45) is 0. The number of nitrogens with zero attached hydrogens (tertiary/aromatic N) is 2. The van der Waals surface area contributed by atoms with Gasteiger partial charge in [-0.1, -0.05) is 23.2 Å². The van der Waals surface area contributed by atoms with Crippen molar-refractivity contribution in [1.82, 2.24) is 9.80 Å². The SMILES string of the molecule is CC(=O)N1CCN(C(=O)C(=O)Nc2ccc(Cl)cc2Cl)CC1. The molecule has 1 fully saturated rings. The number of halogens is 2. The lowest BCUT2D eigenvalue weighted by molar-refractivity contribution is -0.145. The largest absolute Gasteiger partial charge is 0.339 e. The van der Waals surface area contributed by atoms with E-state index in [9.17, 15) is 14.4 Å². The van der Waals surface area contributed by atoms with E-state index >= 15 is 0 Å². The molecule has 0 spiro atoms. The molecule has 22 heavy (non-hydrogen) atoms. The summed E-state index contributed by atoms with van der Waals surface area (Å²) >= 11 is 11.7. The first-order chi connectivity index (χ1) is 10.4. The van der Waals surface area contributed by atoms with Crippen LogP contribution in [-0.2, 0) is 14.4 Å². The van der Waals surface area contributed by atoms with Gasteiger partial charge in [-0.2, -0.15) is 0 Å². The second-order valence-electron chi connectivity index (χ2n) is 4.88. The number of hydrogen-bond donors (Lipinski definition) is 1. The first-order valence-corrected chi connectivity index (χ1v) is 7.45. The molecular formula is C14H15Cl2N3O3. The van der Waals surface area contributed by atoms with Gasteiger partial charge in [-0.05, 0) is 18.2 Å². The molecule has 0 aliphatic carbocycles. The van der Waals surface area contributed by atoms with E-state index in [1.165, 1.54) is 24.0 Å². The molecule has 0 atom stereocenters. The summed E-state index contributed by atoms with van der Waals surface area (Å²) in [5.74, 6) is -1.45. The zero-order valence-electron chi connectivity index (χ0n) is 11.9. The highest BCUT2D eigenvalue weighted by molar-refractivity contribution is 6.42. The van der Waals surface area contributed by atoms with Crippen molar-refractivity contribution in [2.24, 2.45) is 0 Å². The van der Waals surface area contributed by atoms with Crippen molar-refractivity contribution in [3.05, 3.63) is 28.2 Å². The third-order valence-corrected chi connectivity index (χ3v) is 3.93. The van der Waals surface area contributed by atoms with Crippen LogP contribution in [0.1, 0.15) is 6.92 Å². The topological polar surface area (TPSA) is 69.7 Å². The molecular weight excluding hydrogens is 329 g/mol. The Morgan fingerprint density at radius 2 is 1.64 bits per heavy atom. The summed E-state index contributed by atoms with van der Waals surface area (Å²) in [5.41, 5.74) is 0.326. The Bertz CT molecular complexity index is 613. The van der Waals surface area contributed by atoms with Crippen molar-refractivity contribution in [2.45, 2.75) is 6.92 Å². The molecule has 0 saturated carbocycles. The maximum absolute atomic E-state index is 12.1. The van der Waals surface area contributed by atoms with Crippen molar-refractivity contribution < 1.29 is 14.4 Å². The minimum Gasteiger partial charge on any atom is -0.339 e. The van der Waals surface area contributed by atoms with Gasteiger partial charge in [-0.15, -0.1) is 0 Å². The van der Waals surface area contributed by atoms with Gasteiger partial charge in [-0.25, -0.2) is 0 Å². The number of hydrogen-bond acceptors (Lipinski definition) is 3. The van der Waals surface area contributed by atoms with Crippen molar-refractivity contribution >= 4 is 46.6 Å². The van der Waals surface area contributed by atoms with Crippen molar-refractivity contribution in [1.29, 1.82) is 0 Å². The lowest BCUT2D eigenvalue weighted by Crippen LogP contribution is -2.52. The van der Waals surface area contributed by atoms with Gasteiger partial charge in [0, 0.05) is 38.1 Å². The molecule has 0 bridgehead atoms. The molecule has 118 valence electrons. The van der Waals surface area contributed by atoms with E-state index in [0.29, 0.717) is 36.9 Å². The van der Waals surface area contributed by atoms with Crippen LogP contribution in [0.4, 0.5) is 5.69 Å². The van der Waals surface area contributed by atoms with Crippen molar-refractivity contribution in [2.75, 3.05) is 31.5 Å². The Morgan fingerprint density at radius 1 is 1.05 bits per heavy atom. The van der Waals surface area contributed by atoms with E-state index < -0.39 is 11.8 Å². The summed E-state index contributed by atoms with van der Waals surface area (Å²) in [5, 5.41) is 3.17. The van der Waals surface area contributed by atoms with Crippen LogP contribution in [0.2, 0.25) is 10.0 Å². The molecule has 8 heteroatoms. The van der Waals surface area contributed by atoms with Gasteiger partial charge in [0.25, 0.3) is 0 Å². The molecule has 2 rings (SSSR count). The molecule has 1 aromatic carbocycles. The van der Waals surface area contributed by atoms with Gasteiger partial charge in [0.05, 0.1) is 10.7 Å². The van der Waals surface area contributed by atoms with Gasteiger partial charge in [-0.3, -0.25) is 14.4 Å². The highest BCUT2D eigenvalue weighted by Crippen LogP contribution is 2.25. The third kappa shape index (κ3) is 3.90. The van der Waals surface area contributed by atoms with Gasteiger partial charge in [0.1, 0.15) is 0 Å². The Labute approximate surface area is 138 Å². The number of nitrogens with one attached hydrogen (secondary N) is 1. The molecule has 1 heterocycles. The molecule has 0 unspecified atom stereocenters. The average molecular weight is 344 g/mol. The Morgan fingerprint density at radius 3 is 2.18 bits per heavy atom. The predicted molar refractivity (Wildman–Crippen MR) is 83.9 cm³/mol. The lowest BCUT2D eigenvalue weighted by Gasteiger charge is -2.33. The monoisotopic (exact) mass is 343 g/mol. The van der Waals surface area contributed by atoms with Crippen LogP contribution >= 0.6 is 23.2 Å². The fraction of sp³-hybridized carbons (Fsp3) is 0.357. The second-order valence-corrected chi connectivity index (χ2v) is 5.72. The Balaban J connectivity index is 1.95. The molecule has 0 aromatic heterocycles. The van der Waals surface area contributed by atoms with Crippen LogP contribution in [-0.4, -0.2) is 53.7 Å². The molecule has 1 aliphatic heterocycles. The number of carbonyl (C=O) groups excluding carboxylic acids is 3. The number of benzene rings is 1. The summed E-state index contributed by atoms with van der Waals surface area (Å²) in [4.78, 5) is 38.4. The average Bonchev–Trinajstić information content (AvgIpc) is 2.49. The summed E-state index contributed by atoms with van der Waals surface area (Å²) < 4.78 is 0. The summed E-state index contributed by atoms with van der Waals surface area (Å²) in [6.45, 7) is 3.00. The third-order valence-electron chi connectivity index (χ3n) is 3.39. The maximum Gasteiger partial charge on any atom is 0.313 e. The minimum absolute atomic E-state index is 0.0375. The number of carbonyl (C=O) groups is 3. The number of piperazine rings is 1. The molecule has 1 aliphatic rings. The van der Waals surface area contributed by atoms with Crippen LogP contribution < -0.4 is 5.32 Å². The smallest absolute Gasteiger partial charge is 0.313 e. The number of amides is 3. The molecule has 0 radical (unpaired) electrons. The fourth-order valence-electron chi connectivity index (χ4n) is 2.13. The Kier molecular flexibility index (Phi) is 5.26. The molecule has 6 nitrogen and oxygen atoms in total. The summed E-state index contributed by atoms with van der Waals surface area (Å²) in [6, 6.07) is 4.58. The molecule has 1 saturated heterocycles. The predicted octanol–water partition coefficient (Wildman–Crippen LogP) is 1.62. The number of anilines is 1. The highest BCUT2D eigenvalue weighted by atomic mass is 35.5. The lowest BCUT2D eigenvalue weighted by atomic mass is 10.3. The number of rotatable bonds is 1. The first-order valence-electron chi connectivity index (χ1n) is 6.69. The normalized spacial score (nSPS) is 14.7. The van der Waals surface area contributed by atoms with E-state index in [-0.39, 0.29) is 10.9 Å². The van der Waals surface area contributed by atoms with Crippen LogP contribution in [0.5, 0.6) is 0 Å². The van der Waals surface area contributed by atoms with Crippen molar-refractivity contribution in [3.63, 3.8) is 0 Å².